The summed E-state index contributed by atoms with van der Waals surface area (Å²) in [6, 6.07) is 10.4. The average Bonchev–Trinajstić information content (AvgIpc) is 2.61. The van der Waals surface area contributed by atoms with E-state index in [1.54, 1.807) is 18.2 Å². The highest BCUT2D eigenvalue weighted by atomic mass is 16.6. The average molecular weight is 370 g/mol. The molecule has 0 spiro atoms. The second-order valence-corrected chi connectivity index (χ2v) is 5.88. The Balaban J connectivity index is 2.09. The summed E-state index contributed by atoms with van der Waals surface area (Å²) >= 11 is 0. The molecule has 140 valence electrons. The molecule has 0 radical (unpaired) electrons. The predicted molar refractivity (Wildman–Crippen MR) is 97.8 cm³/mol. The number of hydrogen-bond donors (Lipinski definition) is 1. The third kappa shape index (κ3) is 4.75. The van der Waals surface area contributed by atoms with Crippen LogP contribution in [-0.2, 0) is 9.53 Å². The Morgan fingerprint density at radius 3 is 2.44 bits per heavy atom. The summed E-state index contributed by atoms with van der Waals surface area (Å²) in [7, 11) is 0. The summed E-state index contributed by atoms with van der Waals surface area (Å²) < 4.78 is 5.12. The topological polar surface area (TPSA) is 116 Å². The van der Waals surface area contributed by atoms with Crippen LogP contribution in [0.1, 0.15) is 40.1 Å². The van der Waals surface area contributed by atoms with Crippen molar-refractivity contribution in [1.29, 1.82) is 0 Å². The molecule has 2 aromatic carbocycles. The van der Waals surface area contributed by atoms with Gasteiger partial charge in [0, 0.05) is 22.9 Å². The van der Waals surface area contributed by atoms with Gasteiger partial charge in [0.05, 0.1) is 10.5 Å². The lowest BCUT2D eigenvalue weighted by atomic mass is 10.1. The van der Waals surface area contributed by atoms with Gasteiger partial charge in [0.1, 0.15) is 0 Å². The number of amides is 1. The normalized spacial score (nSPS) is 11.4. The number of anilines is 1. The lowest BCUT2D eigenvalue weighted by Gasteiger charge is -2.14. The van der Waals surface area contributed by atoms with Gasteiger partial charge in [0.2, 0.25) is 0 Å². The minimum absolute atomic E-state index is 0.0161. The Bertz CT molecular complexity index is 922. The van der Waals surface area contributed by atoms with Crippen LogP contribution in [0.3, 0.4) is 0 Å². The molecular weight excluding hydrogens is 352 g/mol. The van der Waals surface area contributed by atoms with E-state index in [0.717, 1.165) is 0 Å². The highest BCUT2D eigenvalue weighted by Crippen LogP contribution is 2.22. The van der Waals surface area contributed by atoms with Crippen LogP contribution < -0.4 is 5.32 Å². The van der Waals surface area contributed by atoms with Crippen molar-refractivity contribution in [2.75, 3.05) is 5.32 Å². The van der Waals surface area contributed by atoms with Gasteiger partial charge in [0.25, 0.3) is 11.6 Å². The number of carbonyl (C=O) groups is 3. The van der Waals surface area contributed by atoms with Crippen LogP contribution in [0.2, 0.25) is 0 Å². The van der Waals surface area contributed by atoms with E-state index in [2.05, 4.69) is 5.32 Å². The maximum Gasteiger partial charge on any atom is 0.339 e. The maximum absolute atomic E-state index is 12.3. The second kappa shape index (κ2) is 8.22. The number of nitro groups is 1. The molecule has 1 N–H and O–H groups in total. The van der Waals surface area contributed by atoms with Gasteiger partial charge < -0.3 is 10.1 Å². The second-order valence-electron chi connectivity index (χ2n) is 5.88. The molecule has 1 unspecified atom stereocenters. The monoisotopic (exact) mass is 370 g/mol. The van der Waals surface area contributed by atoms with E-state index in [0.29, 0.717) is 11.3 Å². The van der Waals surface area contributed by atoms with Gasteiger partial charge >= 0.3 is 5.97 Å². The summed E-state index contributed by atoms with van der Waals surface area (Å²) in [5.74, 6) is -1.57. The number of benzene rings is 2. The minimum atomic E-state index is -1.14. The molecule has 27 heavy (non-hydrogen) atoms. The van der Waals surface area contributed by atoms with Crippen molar-refractivity contribution < 1.29 is 24.0 Å². The lowest BCUT2D eigenvalue weighted by molar-refractivity contribution is -0.385. The van der Waals surface area contributed by atoms with Gasteiger partial charge in [-0.3, -0.25) is 19.7 Å². The lowest BCUT2D eigenvalue weighted by Crippen LogP contribution is -2.30. The highest BCUT2D eigenvalue weighted by Gasteiger charge is 2.23. The summed E-state index contributed by atoms with van der Waals surface area (Å²) in [4.78, 5) is 46.3. The zero-order chi connectivity index (χ0) is 20.1. The SMILES string of the molecule is CC(=O)c1cccc(NC(=O)C(C)OC(=O)c2cccc([N+](=O)[O-])c2C)c1. The molecule has 0 aliphatic rings. The van der Waals surface area contributed by atoms with Gasteiger partial charge in [-0.15, -0.1) is 0 Å². The summed E-state index contributed by atoms with van der Waals surface area (Å²) in [6.45, 7) is 4.23. The number of nitrogens with zero attached hydrogens (tertiary/aromatic N) is 1. The number of carbonyl (C=O) groups excluding carboxylic acids is 3. The van der Waals surface area contributed by atoms with Crippen LogP contribution in [0, 0.1) is 17.0 Å². The molecule has 0 saturated carbocycles. The van der Waals surface area contributed by atoms with Crippen molar-refractivity contribution in [2.24, 2.45) is 0 Å². The molecule has 2 rings (SSSR count). The van der Waals surface area contributed by atoms with E-state index in [9.17, 15) is 24.5 Å². The molecule has 0 aliphatic heterocycles. The highest BCUT2D eigenvalue weighted by molar-refractivity contribution is 6.00. The number of esters is 1. The van der Waals surface area contributed by atoms with Gasteiger partial charge in [-0.05, 0) is 39.0 Å². The van der Waals surface area contributed by atoms with Gasteiger partial charge in [0.15, 0.2) is 11.9 Å². The van der Waals surface area contributed by atoms with Crippen LogP contribution in [-0.4, -0.2) is 28.7 Å². The van der Waals surface area contributed by atoms with Crippen molar-refractivity contribution >= 4 is 29.0 Å². The molecule has 0 fully saturated rings. The predicted octanol–water partition coefficient (Wildman–Crippen LogP) is 3.29. The standard InChI is InChI=1S/C19H18N2O6/c1-11-16(8-5-9-17(11)21(25)26)19(24)27-13(3)18(23)20-15-7-4-6-14(10-15)12(2)22/h4-10,13H,1-3H3,(H,20,23). The molecule has 8 nitrogen and oxygen atoms in total. The molecular formula is C19H18N2O6. The van der Waals surface area contributed by atoms with E-state index in [1.807, 2.05) is 0 Å². The van der Waals surface area contributed by atoms with E-state index < -0.39 is 22.9 Å². The smallest absolute Gasteiger partial charge is 0.339 e. The number of Topliss-reactive ketones (excluding diaryl/α,β-unsaturated/α-hetero) is 1. The summed E-state index contributed by atoms with van der Waals surface area (Å²) in [6.07, 6.45) is -1.14. The van der Waals surface area contributed by atoms with E-state index in [4.69, 9.17) is 4.74 Å². The molecule has 2 aromatic rings. The maximum atomic E-state index is 12.3. The van der Waals surface area contributed by atoms with Crippen molar-refractivity contribution in [1.82, 2.24) is 0 Å². The molecule has 8 heteroatoms. The Kier molecular flexibility index (Phi) is 6.02. The quantitative estimate of drug-likeness (QED) is 0.361. The van der Waals surface area contributed by atoms with Crippen LogP contribution in [0.4, 0.5) is 11.4 Å². The summed E-state index contributed by atoms with van der Waals surface area (Å²) in [5.41, 5.74) is 0.797. The number of ether oxygens (including phenoxy) is 1. The molecule has 0 saturated heterocycles. The van der Waals surface area contributed by atoms with Gasteiger partial charge in [-0.1, -0.05) is 18.2 Å². The Hall–Kier alpha value is -3.55. The Labute approximate surface area is 155 Å². The minimum Gasteiger partial charge on any atom is -0.449 e. The number of hydrogen-bond acceptors (Lipinski definition) is 6. The first-order valence-corrected chi connectivity index (χ1v) is 8.07. The first kappa shape index (κ1) is 19.8. The number of rotatable bonds is 6. The molecule has 0 bridgehead atoms. The van der Waals surface area contributed by atoms with Gasteiger partial charge in [-0.2, -0.15) is 0 Å². The fourth-order valence-electron chi connectivity index (χ4n) is 2.38. The fraction of sp³-hybridized carbons (Fsp3) is 0.211. The molecule has 0 heterocycles. The van der Waals surface area contributed by atoms with Crippen molar-refractivity contribution in [2.45, 2.75) is 26.9 Å². The Morgan fingerprint density at radius 1 is 1.15 bits per heavy atom. The number of ketones is 1. The first-order valence-electron chi connectivity index (χ1n) is 8.07. The third-order valence-electron chi connectivity index (χ3n) is 3.91. The van der Waals surface area contributed by atoms with Crippen LogP contribution >= 0.6 is 0 Å². The largest absolute Gasteiger partial charge is 0.449 e. The molecule has 0 aliphatic carbocycles. The number of nitro benzene ring substituents is 1. The van der Waals surface area contributed by atoms with E-state index >= 15 is 0 Å². The van der Waals surface area contributed by atoms with Crippen LogP contribution in [0.5, 0.6) is 0 Å². The first-order chi connectivity index (χ1) is 12.7. The Morgan fingerprint density at radius 2 is 1.81 bits per heavy atom. The van der Waals surface area contributed by atoms with Crippen LogP contribution in [0.15, 0.2) is 42.5 Å². The van der Waals surface area contributed by atoms with Crippen molar-refractivity contribution in [3.05, 3.63) is 69.3 Å². The van der Waals surface area contributed by atoms with Gasteiger partial charge in [-0.25, -0.2) is 4.79 Å². The van der Waals surface area contributed by atoms with E-state index in [1.165, 1.54) is 45.0 Å². The number of nitrogens with one attached hydrogen (secondary N) is 1. The van der Waals surface area contributed by atoms with E-state index in [-0.39, 0.29) is 22.6 Å². The zero-order valence-electron chi connectivity index (χ0n) is 15.0. The zero-order valence-corrected chi connectivity index (χ0v) is 15.0. The fourth-order valence-corrected chi connectivity index (χ4v) is 2.38. The molecule has 1 atom stereocenters. The molecule has 1 amide bonds. The van der Waals surface area contributed by atoms with Crippen molar-refractivity contribution in [3.63, 3.8) is 0 Å². The third-order valence-corrected chi connectivity index (χ3v) is 3.91. The molecule has 0 aromatic heterocycles. The van der Waals surface area contributed by atoms with Crippen molar-refractivity contribution in [3.8, 4) is 0 Å². The summed E-state index contributed by atoms with van der Waals surface area (Å²) in [5, 5.41) is 13.5. The van der Waals surface area contributed by atoms with Crippen LogP contribution in [0.25, 0.3) is 0 Å².